The van der Waals surface area contributed by atoms with Gasteiger partial charge in [0.1, 0.15) is 6.10 Å². The first-order valence-electron chi connectivity index (χ1n) is 5.88. The van der Waals surface area contributed by atoms with E-state index in [-0.39, 0.29) is 12.0 Å². The molecule has 1 heterocycles. The van der Waals surface area contributed by atoms with Gasteiger partial charge < -0.3 is 15.8 Å². The zero-order valence-corrected chi connectivity index (χ0v) is 10.1. The normalized spacial score (nSPS) is 27.9. The predicted octanol–water partition coefficient (Wildman–Crippen LogP) is 0.880. The number of hydrogen-bond donors (Lipinski definition) is 2. The third kappa shape index (κ3) is 2.20. The summed E-state index contributed by atoms with van der Waals surface area (Å²) >= 11 is 5.08. The van der Waals surface area contributed by atoms with E-state index in [1.165, 1.54) is 0 Å². The number of carbonyl (C=O) groups is 1. The summed E-state index contributed by atoms with van der Waals surface area (Å²) in [5.74, 6) is -0.0489. The van der Waals surface area contributed by atoms with Gasteiger partial charge in [-0.2, -0.15) is 0 Å². The molecule has 90 valence electrons. The van der Waals surface area contributed by atoms with Gasteiger partial charge in [0.2, 0.25) is 5.91 Å². The lowest BCUT2D eigenvalue weighted by Crippen LogP contribution is -2.57. The standard InChI is InChI=1S/C11H18N2O2S/c12-10(16)11(5-1-2-6-11)13-9(14)8-4-3-7-15-8/h8H,1-7H2,(H2,12,16)(H,13,14). The topological polar surface area (TPSA) is 64.3 Å². The third-order valence-corrected chi connectivity index (χ3v) is 3.90. The molecule has 3 N–H and O–H groups in total. The molecule has 5 heteroatoms. The highest BCUT2D eigenvalue weighted by Gasteiger charge is 2.40. The zero-order chi connectivity index (χ0) is 11.6. The van der Waals surface area contributed by atoms with Crippen LogP contribution >= 0.6 is 12.2 Å². The van der Waals surface area contributed by atoms with Crippen LogP contribution in [0.4, 0.5) is 0 Å². The summed E-state index contributed by atoms with van der Waals surface area (Å²) in [6.45, 7) is 0.679. The van der Waals surface area contributed by atoms with Crippen molar-refractivity contribution in [3.8, 4) is 0 Å². The van der Waals surface area contributed by atoms with E-state index in [1.807, 2.05) is 0 Å². The first-order valence-corrected chi connectivity index (χ1v) is 6.28. The highest BCUT2D eigenvalue weighted by molar-refractivity contribution is 7.80. The molecule has 1 aliphatic heterocycles. The second kappa shape index (κ2) is 4.67. The average molecular weight is 242 g/mol. The van der Waals surface area contributed by atoms with Gasteiger partial charge in [0.25, 0.3) is 0 Å². The van der Waals surface area contributed by atoms with Gasteiger partial charge in [-0.15, -0.1) is 0 Å². The molecule has 2 aliphatic rings. The van der Waals surface area contributed by atoms with Crippen LogP contribution in [0, 0.1) is 0 Å². The molecule has 0 radical (unpaired) electrons. The minimum absolute atomic E-state index is 0.0489. The molecular formula is C11H18N2O2S. The maximum atomic E-state index is 12.0. The van der Waals surface area contributed by atoms with E-state index in [1.54, 1.807) is 0 Å². The highest BCUT2D eigenvalue weighted by atomic mass is 32.1. The number of nitrogens with two attached hydrogens (primary N) is 1. The van der Waals surface area contributed by atoms with Gasteiger partial charge in [0.05, 0.1) is 10.5 Å². The molecule has 2 fully saturated rings. The molecule has 0 spiro atoms. The smallest absolute Gasteiger partial charge is 0.249 e. The quantitative estimate of drug-likeness (QED) is 0.721. The van der Waals surface area contributed by atoms with Crippen molar-refractivity contribution in [3.63, 3.8) is 0 Å². The van der Waals surface area contributed by atoms with Crippen LogP contribution in [-0.4, -0.2) is 29.1 Å². The Labute approximate surface area is 101 Å². The Balaban J connectivity index is 2.00. The summed E-state index contributed by atoms with van der Waals surface area (Å²) < 4.78 is 5.35. The van der Waals surface area contributed by atoms with Crippen molar-refractivity contribution in [1.29, 1.82) is 0 Å². The number of carbonyl (C=O) groups excluding carboxylic acids is 1. The maximum Gasteiger partial charge on any atom is 0.249 e. The first-order chi connectivity index (χ1) is 7.64. The van der Waals surface area contributed by atoms with Crippen LogP contribution in [0.3, 0.4) is 0 Å². The summed E-state index contributed by atoms with van der Waals surface area (Å²) in [4.78, 5) is 12.4. The largest absolute Gasteiger partial charge is 0.391 e. The first kappa shape index (κ1) is 11.8. The van der Waals surface area contributed by atoms with Crippen LogP contribution in [0.1, 0.15) is 38.5 Å². The molecule has 1 saturated heterocycles. The van der Waals surface area contributed by atoms with E-state index in [9.17, 15) is 4.79 Å². The molecule has 1 unspecified atom stereocenters. The third-order valence-electron chi connectivity index (χ3n) is 3.51. The van der Waals surface area contributed by atoms with E-state index in [2.05, 4.69) is 5.32 Å². The lowest BCUT2D eigenvalue weighted by atomic mass is 9.97. The Morgan fingerprint density at radius 2 is 2.06 bits per heavy atom. The number of amides is 1. The van der Waals surface area contributed by atoms with Crippen LogP contribution in [0.25, 0.3) is 0 Å². The van der Waals surface area contributed by atoms with Gasteiger partial charge in [0.15, 0.2) is 0 Å². The molecule has 2 rings (SSSR count). The van der Waals surface area contributed by atoms with Gasteiger partial charge in [-0.1, -0.05) is 25.1 Å². The van der Waals surface area contributed by atoms with Crippen molar-refractivity contribution < 1.29 is 9.53 Å². The molecule has 4 nitrogen and oxygen atoms in total. The molecule has 1 amide bonds. The van der Waals surface area contributed by atoms with Crippen molar-refractivity contribution in [2.75, 3.05) is 6.61 Å². The van der Waals surface area contributed by atoms with Gasteiger partial charge in [-0.05, 0) is 25.7 Å². The SMILES string of the molecule is NC(=S)C1(NC(=O)C2CCCO2)CCCC1. The summed E-state index contributed by atoms with van der Waals surface area (Å²) in [7, 11) is 0. The lowest BCUT2D eigenvalue weighted by Gasteiger charge is -2.30. The molecule has 1 atom stereocenters. The summed E-state index contributed by atoms with van der Waals surface area (Å²) in [5, 5.41) is 3.00. The van der Waals surface area contributed by atoms with Crippen LogP contribution in [-0.2, 0) is 9.53 Å². The summed E-state index contributed by atoms with van der Waals surface area (Å²) in [5.41, 5.74) is 5.31. The van der Waals surface area contributed by atoms with Gasteiger partial charge >= 0.3 is 0 Å². The van der Waals surface area contributed by atoms with E-state index >= 15 is 0 Å². The Morgan fingerprint density at radius 1 is 1.38 bits per heavy atom. The number of ether oxygens (including phenoxy) is 1. The van der Waals surface area contributed by atoms with E-state index in [0.717, 1.165) is 38.5 Å². The number of nitrogens with one attached hydrogen (secondary N) is 1. The fraction of sp³-hybridized carbons (Fsp3) is 0.818. The minimum Gasteiger partial charge on any atom is -0.391 e. The van der Waals surface area contributed by atoms with Gasteiger partial charge in [0, 0.05) is 6.61 Å². The average Bonchev–Trinajstić information content (AvgIpc) is 2.88. The Morgan fingerprint density at radius 3 is 2.56 bits per heavy atom. The molecule has 1 aliphatic carbocycles. The fourth-order valence-electron chi connectivity index (χ4n) is 2.51. The van der Waals surface area contributed by atoms with Gasteiger partial charge in [-0.25, -0.2) is 0 Å². The molecule has 1 saturated carbocycles. The van der Waals surface area contributed by atoms with Crippen LogP contribution in [0.2, 0.25) is 0 Å². The molecule has 16 heavy (non-hydrogen) atoms. The fourth-order valence-corrected chi connectivity index (χ4v) is 2.77. The number of hydrogen-bond acceptors (Lipinski definition) is 3. The number of thiocarbonyl (C=S) groups is 1. The van der Waals surface area contributed by atoms with Crippen LogP contribution < -0.4 is 11.1 Å². The molecular weight excluding hydrogens is 224 g/mol. The highest BCUT2D eigenvalue weighted by Crippen LogP contribution is 2.30. The second-order valence-electron chi connectivity index (χ2n) is 4.64. The van der Waals surface area contributed by atoms with Crippen molar-refractivity contribution in [2.45, 2.75) is 50.2 Å². The van der Waals surface area contributed by atoms with Crippen molar-refractivity contribution in [3.05, 3.63) is 0 Å². The zero-order valence-electron chi connectivity index (χ0n) is 9.33. The van der Waals surface area contributed by atoms with E-state index in [0.29, 0.717) is 11.6 Å². The van der Waals surface area contributed by atoms with Crippen molar-refractivity contribution in [1.82, 2.24) is 5.32 Å². The molecule has 0 aromatic rings. The monoisotopic (exact) mass is 242 g/mol. The van der Waals surface area contributed by atoms with Crippen molar-refractivity contribution in [2.24, 2.45) is 5.73 Å². The van der Waals surface area contributed by atoms with Crippen LogP contribution in [0.5, 0.6) is 0 Å². The summed E-state index contributed by atoms with van der Waals surface area (Å²) in [6, 6.07) is 0. The lowest BCUT2D eigenvalue weighted by molar-refractivity contribution is -0.131. The molecule has 0 aromatic heterocycles. The summed E-state index contributed by atoms with van der Waals surface area (Å²) in [6.07, 6.45) is 5.33. The molecule has 0 bridgehead atoms. The molecule has 0 aromatic carbocycles. The maximum absolute atomic E-state index is 12.0. The van der Waals surface area contributed by atoms with E-state index < -0.39 is 5.54 Å². The van der Waals surface area contributed by atoms with Crippen LogP contribution in [0.15, 0.2) is 0 Å². The Kier molecular flexibility index (Phi) is 3.44. The predicted molar refractivity (Wildman–Crippen MR) is 65.1 cm³/mol. The van der Waals surface area contributed by atoms with Crippen molar-refractivity contribution >= 4 is 23.1 Å². The Hall–Kier alpha value is -0.680. The minimum atomic E-state index is -0.446. The second-order valence-corrected chi connectivity index (χ2v) is 5.08. The van der Waals surface area contributed by atoms with E-state index in [4.69, 9.17) is 22.7 Å². The van der Waals surface area contributed by atoms with Gasteiger partial charge in [-0.3, -0.25) is 4.79 Å². The Bertz CT molecular complexity index is 294. The number of rotatable bonds is 3.